The van der Waals surface area contributed by atoms with Crippen LogP contribution < -0.4 is 14.9 Å². The fraction of sp³-hybridized carbons (Fsp3) is 0.800. The van der Waals surface area contributed by atoms with Gasteiger partial charge in [0.05, 0.1) is 0 Å². The van der Waals surface area contributed by atoms with Crippen molar-refractivity contribution in [1.29, 1.82) is 0 Å². The van der Waals surface area contributed by atoms with Crippen LogP contribution in [-0.2, 0) is 19.6 Å². The molecular weight excluding hydrogens is 277 g/mol. The first-order chi connectivity index (χ1) is 7.53. The fourth-order valence-corrected chi connectivity index (χ4v) is 2.76. The molecule has 0 aromatic heterocycles. The van der Waals surface area contributed by atoms with E-state index in [9.17, 15) is 17.8 Å². The number of carbonyl (C=O) groups is 1. The van der Waals surface area contributed by atoms with Gasteiger partial charge in [0.25, 0.3) is 10.2 Å². The lowest BCUT2D eigenvalue weighted by Gasteiger charge is -2.09. The molecule has 102 valence electrons. The summed E-state index contributed by atoms with van der Waals surface area (Å²) in [5.74, 6) is -1.21. The van der Waals surface area contributed by atoms with Crippen LogP contribution in [0.3, 0.4) is 0 Å². The summed E-state index contributed by atoms with van der Waals surface area (Å²) in [7, 11) is -9.20. The molecule has 0 radical (unpaired) electrons. The summed E-state index contributed by atoms with van der Waals surface area (Å²) in [6.45, 7) is -0.184. The first kappa shape index (κ1) is 16.4. The van der Waals surface area contributed by atoms with Gasteiger partial charge in [0, 0.05) is 6.54 Å². The van der Waals surface area contributed by atoms with Crippen LogP contribution in [0.15, 0.2) is 0 Å². The Bertz CT molecular complexity index is 404. The van der Waals surface area contributed by atoms with E-state index < -0.39 is 30.0 Å². The van der Waals surface area contributed by atoms with Gasteiger partial charge in [-0.25, -0.2) is 9.29 Å². The van der Waals surface area contributed by atoms with Crippen LogP contribution in [0.2, 0.25) is 0 Å². The number of nitrogens with one attached hydrogen (secondary N) is 2. The molecule has 10 nitrogen and oxygen atoms in total. The Balaban J connectivity index is 3.97. The first-order valence-corrected chi connectivity index (χ1v) is 7.45. The second-order valence-electron chi connectivity index (χ2n) is 3.12. The predicted octanol–water partition coefficient (Wildman–Crippen LogP) is -2.30. The minimum absolute atomic E-state index is 0.0355. The Kier molecular flexibility index (Phi) is 6.19. The van der Waals surface area contributed by atoms with Crippen molar-refractivity contribution < 1.29 is 32.7 Å². The normalized spacial score (nSPS) is 14.5. The van der Waals surface area contributed by atoms with Crippen molar-refractivity contribution in [3.8, 4) is 0 Å². The molecule has 0 aliphatic rings. The molecule has 0 heterocycles. The lowest BCUT2D eigenvalue weighted by molar-refractivity contribution is -0.138. The van der Waals surface area contributed by atoms with Crippen molar-refractivity contribution in [2.24, 2.45) is 5.73 Å². The molecule has 0 rings (SSSR count). The smallest absolute Gasteiger partial charge is 0.414 e. The van der Waals surface area contributed by atoms with Crippen LogP contribution in [0.4, 0.5) is 0 Å². The van der Waals surface area contributed by atoms with Gasteiger partial charge in [0.15, 0.2) is 0 Å². The zero-order chi connectivity index (χ0) is 13.7. The van der Waals surface area contributed by atoms with Gasteiger partial charge in [-0.3, -0.25) is 4.79 Å². The molecule has 0 saturated carbocycles. The van der Waals surface area contributed by atoms with Crippen molar-refractivity contribution in [3.63, 3.8) is 0 Å². The highest BCUT2D eigenvalue weighted by Gasteiger charge is 2.22. The molecule has 0 fully saturated rings. The molecule has 7 N–H and O–H groups in total. The van der Waals surface area contributed by atoms with Gasteiger partial charge < -0.3 is 20.6 Å². The number of hydrogen-bond acceptors (Lipinski definition) is 5. The number of nitrogens with two attached hydrogens (primary N) is 1. The zero-order valence-electron chi connectivity index (χ0n) is 8.61. The predicted molar refractivity (Wildman–Crippen MR) is 56.9 cm³/mol. The molecule has 0 amide bonds. The highest BCUT2D eigenvalue weighted by atomic mass is 32.2. The summed E-state index contributed by atoms with van der Waals surface area (Å²) in [6.07, 6.45) is 0.156. The molecule has 0 bridgehead atoms. The standard InChI is InChI=1S/C5H14N3O7PS/c6-4(5(9)10)2-1-3-7-17(14,15)8-16(11,12)13/h4,7H,1-3,6H2,(H,9,10)(H3,8,11,12,13)/t4-/m0/s1. The number of carboxylic acid groups (broad SMARTS) is 1. The van der Waals surface area contributed by atoms with Gasteiger partial charge in [0.2, 0.25) is 0 Å². The van der Waals surface area contributed by atoms with Crippen molar-refractivity contribution in [2.75, 3.05) is 6.54 Å². The Hall–Kier alpha value is -0.550. The van der Waals surface area contributed by atoms with Crippen LogP contribution in [0.25, 0.3) is 0 Å². The summed E-state index contributed by atoms with van der Waals surface area (Å²) >= 11 is 0. The van der Waals surface area contributed by atoms with Gasteiger partial charge in [0.1, 0.15) is 6.04 Å². The van der Waals surface area contributed by atoms with E-state index in [-0.39, 0.29) is 19.4 Å². The van der Waals surface area contributed by atoms with Gasteiger partial charge in [-0.15, -0.1) is 4.49 Å². The Morgan fingerprint density at radius 3 is 2.35 bits per heavy atom. The van der Waals surface area contributed by atoms with E-state index in [2.05, 4.69) is 0 Å². The maximum absolute atomic E-state index is 11.0. The van der Waals surface area contributed by atoms with E-state index in [4.69, 9.17) is 20.6 Å². The van der Waals surface area contributed by atoms with E-state index in [1.54, 1.807) is 0 Å². The highest BCUT2D eigenvalue weighted by molar-refractivity contribution is 7.92. The summed E-state index contributed by atoms with van der Waals surface area (Å²) in [5.41, 5.74) is 5.15. The van der Waals surface area contributed by atoms with Gasteiger partial charge >= 0.3 is 13.7 Å². The molecule has 0 unspecified atom stereocenters. The molecule has 17 heavy (non-hydrogen) atoms. The Labute approximate surface area is 97.6 Å². The molecule has 0 aliphatic heterocycles. The molecule has 0 aliphatic carbocycles. The zero-order valence-corrected chi connectivity index (χ0v) is 10.3. The molecule has 0 aromatic rings. The van der Waals surface area contributed by atoms with Crippen LogP contribution in [-0.4, -0.2) is 41.9 Å². The van der Waals surface area contributed by atoms with Gasteiger partial charge in [-0.2, -0.15) is 8.42 Å². The number of rotatable bonds is 8. The SMILES string of the molecule is N[C@@H](CCCNS(=O)(=O)NP(=O)(O)O)C(=O)O. The van der Waals surface area contributed by atoms with E-state index in [0.717, 1.165) is 4.49 Å². The molecule has 1 atom stereocenters. The average molecular weight is 291 g/mol. The monoisotopic (exact) mass is 291 g/mol. The first-order valence-electron chi connectivity index (χ1n) is 4.36. The molecule has 12 heteroatoms. The number of carboxylic acids is 1. The lowest BCUT2D eigenvalue weighted by atomic mass is 10.2. The summed E-state index contributed by atoms with van der Waals surface area (Å²) in [4.78, 5) is 27.0. The molecule has 0 aromatic carbocycles. The summed E-state index contributed by atoms with van der Waals surface area (Å²) in [5, 5.41) is 8.42. The maximum atomic E-state index is 11.0. The third-order valence-electron chi connectivity index (χ3n) is 1.54. The van der Waals surface area contributed by atoms with Crippen molar-refractivity contribution in [3.05, 3.63) is 0 Å². The van der Waals surface area contributed by atoms with Crippen LogP contribution in [0.5, 0.6) is 0 Å². The van der Waals surface area contributed by atoms with Crippen LogP contribution >= 0.6 is 7.75 Å². The largest absolute Gasteiger partial charge is 0.480 e. The third kappa shape index (κ3) is 9.18. The van der Waals surface area contributed by atoms with Crippen molar-refractivity contribution in [2.45, 2.75) is 18.9 Å². The second kappa shape index (κ2) is 6.40. The van der Waals surface area contributed by atoms with Crippen molar-refractivity contribution in [1.82, 2.24) is 9.21 Å². The van der Waals surface area contributed by atoms with Gasteiger partial charge in [-0.1, -0.05) is 0 Å². The molecular formula is C5H14N3O7PS. The number of hydrogen-bond donors (Lipinski definition) is 6. The average Bonchev–Trinajstić information content (AvgIpc) is 2.07. The third-order valence-corrected chi connectivity index (χ3v) is 4.04. The van der Waals surface area contributed by atoms with E-state index in [1.165, 1.54) is 0 Å². The highest BCUT2D eigenvalue weighted by Crippen LogP contribution is 2.28. The Morgan fingerprint density at radius 1 is 1.41 bits per heavy atom. The minimum atomic E-state index is -4.89. The molecule has 0 spiro atoms. The minimum Gasteiger partial charge on any atom is -0.480 e. The van der Waals surface area contributed by atoms with Gasteiger partial charge in [-0.05, 0) is 12.8 Å². The molecule has 0 saturated heterocycles. The second-order valence-corrected chi connectivity index (χ2v) is 6.23. The van der Waals surface area contributed by atoms with Crippen molar-refractivity contribution >= 4 is 23.9 Å². The number of aliphatic carboxylic acids is 1. The fourth-order valence-electron chi connectivity index (χ4n) is 0.841. The quantitative estimate of drug-likeness (QED) is 0.213. The maximum Gasteiger partial charge on any atom is 0.414 e. The Morgan fingerprint density at radius 2 is 1.94 bits per heavy atom. The van der Waals surface area contributed by atoms with E-state index in [1.807, 2.05) is 4.72 Å². The summed E-state index contributed by atoms with van der Waals surface area (Å²) < 4.78 is 35.2. The lowest BCUT2D eigenvalue weighted by Crippen LogP contribution is -2.36. The van der Waals surface area contributed by atoms with Crippen LogP contribution in [0.1, 0.15) is 12.8 Å². The topological polar surface area (TPSA) is 179 Å². The van der Waals surface area contributed by atoms with Crippen LogP contribution in [0, 0.1) is 0 Å². The van der Waals surface area contributed by atoms with E-state index in [0.29, 0.717) is 0 Å². The summed E-state index contributed by atoms with van der Waals surface area (Å²) in [6, 6.07) is -1.10. The van der Waals surface area contributed by atoms with E-state index >= 15 is 0 Å².